The van der Waals surface area contributed by atoms with Crippen LogP contribution in [0.15, 0.2) is 34.7 Å². The minimum absolute atomic E-state index is 0.0768. The maximum Gasteiger partial charge on any atom is 0.123 e. The summed E-state index contributed by atoms with van der Waals surface area (Å²) in [5.74, 6) is 1.87. The second-order valence-corrected chi connectivity index (χ2v) is 5.69. The summed E-state index contributed by atoms with van der Waals surface area (Å²) in [5.41, 5.74) is 8.12. The highest BCUT2D eigenvalue weighted by atomic mass is 35.5. The van der Waals surface area contributed by atoms with Crippen molar-refractivity contribution in [2.24, 2.45) is 5.73 Å². The molecule has 4 heteroatoms. The van der Waals surface area contributed by atoms with Crippen molar-refractivity contribution in [2.75, 3.05) is 11.9 Å². The molecule has 1 unspecified atom stereocenters. The first-order chi connectivity index (χ1) is 9.47. The molecule has 1 aromatic carbocycles. The fourth-order valence-corrected chi connectivity index (χ4v) is 2.56. The molecule has 2 aromatic rings. The van der Waals surface area contributed by atoms with Crippen LogP contribution in [0.25, 0.3) is 0 Å². The number of furan rings is 1. The Morgan fingerprint density at radius 1 is 1.30 bits per heavy atom. The van der Waals surface area contributed by atoms with E-state index in [0.29, 0.717) is 6.54 Å². The van der Waals surface area contributed by atoms with Crippen molar-refractivity contribution >= 4 is 17.3 Å². The van der Waals surface area contributed by atoms with Crippen molar-refractivity contribution in [3.05, 3.63) is 52.4 Å². The fraction of sp³-hybridized carbons (Fsp3) is 0.375. The average Bonchev–Trinajstić information content (AvgIpc) is 2.76. The first-order valence-electron chi connectivity index (χ1n) is 6.77. The molecule has 0 bridgehead atoms. The van der Waals surface area contributed by atoms with Gasteiger partial charge in [0.15, 0.2) is 0 Å². The molecule has 0 saturated carbocycles. The van der Waals surface area contributed by atoms with Gasteiger partial charge in [-0.3, -0.25) is 0 Å². The van der Waals surface area contributed by atoms with E-state index in [1.54, 1.807) is 0 Å². The molecule has 0 spiro atoms. The van der Waals surface area contributed by atoms with Crippen LogP contribution in [0.4, 0.5) is 5.69 Å². The summed E-state index contributed by atoms with van der Waals surface area (Å²) in [7, 11) is 2.04. The zero-order valence-corrected chi connectivity index (χ0v) is 12.9. The highest BCUT2D eigenvalue weighted by molar-refractivity contribution is 6.31. The van der Waals surface area contributed by atoms with E-state index in [2.05, 4.69) is 11.0 Å². The van der Waals surface area contributed by atoms with Crippen molar-refractivity contribution in [2.45, 2.75) is 32.9 Å². The minimum Gasteiger partial charge on any atom is -0.464 e. The van der Waals surface area contributed by atoms with Crippen LogP contribution < -0.4 is 10.6 Å². The number of nitrogens with zero attached hydrogens (tertiary/aromatic N) is 1. The minimum atomic E-state index is 0.0768. The summed E-state index contributed by atoms with van der Waals surface area (Å²) in [6, 6.07) is 10.00. The van der Waals surface area contributed by atoms with Gasteiger partial charge in [-0.25, -0.2) is 0 Å². The second-order valence-electron chi connectivity index (χ2n) is 5.29. The number of halogens is 1. The van der Waals surface area contributed by atoms with E-state index in [1.165, 1.54) is 0 Å². The monoisotopic (exact) mass is 292 g/mol. The molecule has 0 saturated heterocycles. The summed E-state index contributed by atoms with van der Waals surface area (Å²) < 4.78 is 5.63. The smallest absolute Gasteiger partial charge is 0.123 e. The molecule has 0 aliphatic carbocycles. The number of benzene rings is 1. The Hall–Kier alpha value is -1.45. The normalized spacial score (nSPS) is 12.4. The zero-order chi connectivity index (χ0) is 14.7. The van der Waals surface area contributed by atoms with Gasteiger partial charge in [-0.1, -0.05) is 17.7 Å². The summed E-state index contributed by atoms with van der Waals surface area (Å²) in [6.07, 6.45) is 0.760. The Bertz CT molecular complexity index is 578. The summed E-state index contributed by atoms with van der Waals surface area (Å²) >= 11 is 6.32. The molecule has 2 rings (SSSR count). The number of hydrogen-bond acceptors (Lipinski definition) is 3. The number of rotatable bonds is 5. The SMILES string of the molecule is Cc1ccc(CN(C)c2cccc(Cl)c2CC(C)N)o1. The molecular weight excluding hydrogens is 272 g/mol. The van der Waals surface area contributed by atoms with Crippen LogP contribution in [0.3, 0.4) is 0 Å². The quantitative estimate of drug-likeness (QED) is 0.912. The van der Waals surface area contributed by atoms with Crippen LogP contribution in [0.2, 0.25) is 5.02 Å². The van der Waals surface area contributed by atoms with Crippen LogP contribution in [0, 0.1) is 6.92 Å². The van der Waals surface area contributed by atoms with Gasteiger partial charge in [-0.2, -0.15) is 0 Å². The number of anilines is 1. The maximum atomic E-state index is 6.32. The summed E-state index contributed by atoms with van der Waals surface area (Å²) in [4.78, 5) is 2.14. The molecule has 2 N–H and O–H groups in total. The van der Waals surface area contributed by atoms with Crippen LogP contribution >= 0.6 is 11.6 Å². The number of nitrogens with two attached hydrogens (primary N) is 1. The third kappa shape index (κ3) is 3.56. The van der Waals surface area contributed by atoms with E-state index in [-0.39, 0.29) is 6.04 Å². The first kappa shape index (κ1) is 14.9. The summed E-state index contributed by atoms with van der Waals surface area (Å²) in [5, 5.41) is 0.766. The van der Waals surface area contributed by atoms with Crippen molar-refractivity contribution in [1.29, 1.82) is 0 Å². The summed E-state index contributed by atoms with van der Waals surface area (Å²) in [6.45, 7) is 4.65. The molecule has 0 aliphatic heterocycles. The molecule has 3 nitrogen and oxygen atoms in total. The Labute approximate surface area is 125 Å². The molecular formula is C16H21ClN2O. The van der Waals surface area contributed by atoms with Crippen LogP contribution in [0.1, 0.15) is 24.0 Å². The fourth-order valence-electron chi connectivity index (χ4n) is 2.32. The van der Waals surface area contributed by atoms with Crippen molar-refractivity contribution < 1.29 is 4.42 Å². The van der Waals surface area contributed by atoms with E-state index in [9.17, 15) is 0 Å². The molecule has 1 atom stereocenters. The molecule has 20 heavy (non-hydrogen) atoms. The van der Waals surface area contributed by atoms with Crippen molar-refractivity contribution in [3.8, 4) is 0 Å². The van der Waals surface area contributed by atoms with Gasteiger partial charge in [0.2, 0.25) is 0 Å². The first-order valence-corrected chi connectivity index (χ1v) is 7.14. The Morgan fingerprint density at radius 3 is 2.65 bits per heavy atom. The van der Waals surface area contributed by atoms with Gasteiger partial charge in [-0.15, -0.1) is 0 Å². The second kappa shape index (κ2) is 6.33. The Kier molecular flexibility index (Phi) is 4.73. The Balaban J connectivity index is 2.24. The van der Waals surface area contributed by atoms with Crippen LogP contribution in [-0.2, 0) is 13.0 Å². The van der Waals surface area contributed by atoms with Gasteiger partial charge >= 0.3 is 0 Å². The zero-order valence-electron chi connectivity index (χ0n) is 12.2. The molecule has 1 aromatic heterocycles. The van der Waals surface area contributed by atoms with E-state index in [4.69, 9.17) is 21.8 Å². The largest absolute Gasteiger partial charge is 0.464 e. The van der Waals surface area contributed by atoms with Crippen LogP contribution in [-0.4, -0.2) is 13.1 Å². The number of aryl methyl sites for hydroxylation is 1. The van der Waals surface area contributed by atoms with Gasteiger partial charge < -0.3 is 15.1 Å². The van der Waals surface area contributed by atoms with Crippen molar-refractivity contribution in [3.63, 3.8) is 0 Å². The lowest BCUT2D eigenvalue weighted by molar-refractivity contribution is 0.481. The highest BCUT2D eigenvalue weighted by Crippen LogP contribution is 2.29. The predicted molar refractivity (Wildman–Crippen MR) is 84.4 cm³/mol. The number of hydrogen-bond donors (Lipinski definition) is 1. The van der Waals surface area contributed by atoms with Gasteiger partial charge in [0.1, 0.15) is 11.5 Å². The topological polar surface area (TPSA) is 42.4 Å². The predicted octanol–water partition coefficient (Wildman–Crippen LogP) is 3.77. The Morgan fingerprint density at radius 2 is 2.05 bits per heavy atom. The average molecular weight is 293 g/mol. The lowest BCUT2D eigenvalue weighted by Crippen LogP contribution is -2.22. The maximum absolute atomic E-state index is 6.32. The third-order valence-corrected chi connectivity index (χ3v) is 3.57. The molecule has 1 heterocycles. The highest BCUT2D eigenvalue weighted by Gasteiger charge is 2.13. The van der Waals surface area contributed by atoms with Gasteiger partial charge in [0, 0.05) is 23.8 Å². The van der Waals surface area contributed by atoms with Crippen LogP contribution in [0.5, 0.6) is 0 Å². The van der Waals surface area contributed by atoms with E-state index < -0.39 is 0 Å². The van der Waals surface area contributed by atoms with Gasteiger partial charge in [0.25, 0.3) is 0 Å². The van der Waals surface area contributed by atoms with E-state index >= 15 is 0 Å². The third-order valence-electron chi connectivity index (χ3n) is 3.22. The molecule has 0 aliphatic rings. The molecule has 0 radical (unpaired) electrons. The van der Waals surface area contributed by atoms with E-state index in [1.807, 2.05) is 45.2 Å². The van der Waals surface area contributed by atoms with Gasteiger partial charge in [0.05, 0.1) is 6.54 Å². The standard InChI is InChI=1S/C16H21ClN2O/c1-11(18)9-14-15(17)5-4-6-16(14)19(3)10-13-8-7-12(2)20-13/h4-8,11H,9-10,18H2,1-3H3. The lowest BCUT2D eigenvalue weighted by atomic mass is 10.0. The molecule has 0 amide bonds. The molecule has 0 fully saturated rings. The lowest BCUT2D eigenvalue weighted by Gasteiger charge is -2.23. The molecule has 108 valence electrons. The van der Waals surface area contributed by atoms with E-state index in [0.717, 1.165) is 34.2 Å². The van der Waals surface area contributed by atoms with Crippen molar-refractivity contribution in [1.82, 2.24) is 0 Å². The van der Waals surface area contributed by atoms with Gasteiger partial charge in [-0.05, 0) is 50.1 Å².